The molecule has 0 rings (SSSR count). The summed E-state index contributed by atoms with van der Waals surface area (Å²) in [6.45, 7) is 0.473. The van der Waals surface area contributed by atoms with Gasteiger partial charge in [0, 0.05) is 32.1 Å². The first-order valence-electron chi connectivity index (χ1n) is 4.33. The van der Waals surface area contributed by atoms with Crippen molar-refractivity contribution in [1.82, 2.24) is 4.90 Å². The third kappa shape index (κ3) is 8.77. The van der Waals surface area contributed by atoms with Crippen molar-refractivity contribution in [2.24, 2.45) is 0 Å². The molecular weight excluding hydrogens is 263 g/mol. The lowest BCUT2D eigenvalue weighted by Gasteiger charge is -2.22. The molecule has 0 unspecified atom stereocenters. The summed E-state index contributed by atoms with van der Waals surface area (Å²) in [5.41, 5.74) is 0. The number of hydrogen-bond donors (Lipinski definition) is 0. The van der Waals surface area contributed by atoms with Crippen LogP contribution in [-0.4, -0.2) is 49.8 Å². The molecule has 0 radical (unpaired) electrons. The molecule has 86 valence electrons. The summed E-state index contributed by atoms with van der Waals surface area (Å²) in [4.78, 5) is 1.37. The monoisotopic (exact) mass is 277 g/mol. The van der Waals surface area contributed by atoms with Crippen LogP contribution in [0.5, 0.6) is 0 Å². The molecule has 0 fully saturated rings. The highest BCUT2D eigenvalue weighted by Gasteiger charge is 2.29. The molecule has 0 N–H and O–H groups in total. The zero-order valence-corrected chi connectivity index (χ0v) is 9.70. The molecule has 0 aliphatic heterocycles. The highest BCUT2D eigenvalue weighted by Crippen LogP contribution is 2.16. The van der Waals surface area contributed by atoms with E-state index < -0.39 is 12.7 Å². The van der Waals surface area contributed by atoms with Gasteiger partial charge in [-0.05, 0) is 6.42 Å². The first-order chi connectivity index (χ1) is 6.49. The van der Waals surface area contributed by atoms with Crippen molar-refractivity contribution in [3.05, 3.63) is 0 Å². The van der Waals surface area contributed by atoms with Crippen LogP contribution in [0, 0.1) is 0 Å². The molecule has 0 spiro atoms. The second-order valence-corrected chi connectivity index (χ2v) is 3.72. The van der Waals surface area contributed by atoms with Crippen LogP contribution in [0.1, 0.15) is 6.42 Å². The van der Waals surface area contributed by atoms with Gasteiger partial charge in [-0.1, -0.05) is 15.9 Å². The van der Waals surface area contributed by atoms with Gasteiger partial charge in [0.15, 0.2) is 0 Å². The summed E-state index contributed by atoms with van der Waals surface area (Å²) in [5.74, 6) is 0. The van der Waals surface area contributed by atoms with Crippen LogP contribution in [-0.2, 0) is 4.74 Å². The van der Waals surface area contributed by atoms with Gasteiger partial charge in [0.2, 0.25) is 0 Å². The molecule has 0 aliphatic rings. The molecule has 0 bridgehead atoms. The van der Waals surface area contributed by atoms with E-state index in [1.54, 1.807) is 7.11 Å². The number of hydrogen-bond acceptors (Lipinski definition) is 2. The van der Waals surface area contributed by atoms with Crippen LogP contribution < -0.4 is 0 Å². The van der Waals surface area contributed by atoms with Crippen molar-refractivity contribution in [3.63, 3.8) is 0 Å². The van der Waals surface area contributed by atoms with Crippen LogP contribution in [0.25, 0.3) is 0 Å². The standard InChI is InChI=1S/C8H15BrF3NO/c1-14-6-2-4-13(5-3-9)7-8(10,11)12/h2-7H2,1H3. The molecule has 0 heterocycles. The maximum absolute atomic E-state index is 12.1. The minimum Gasteiger partial charge on any atom is -0.385 e. The average molecular weight is 278 g/mol. The molecule has 0 aromatic heterocycles. The molecule has 0 saturated carbocycles. The quantitative estimate of drug-likeness (QED) is 0.523. The number of halogens is 4. The molecule has 0 saturated heterocycles. The lowest BCUT2D eigenvalue weighted by molar-refractivity contribution is -0.145. The van der Waals surface area contributed by atoms with Crippen molar-refractivity contribution < 1.29 is 17.9 Å². The number of rotatable bonds is 7. The molecule has 6 heteroatoms. The smallest absolute Gasteiger partial charge is 0.385 e. The Balaban J connectivity index is 3.77. The van der Waals surface area contributed by atoms with Crippen LogP contribution in [0.15, 0.2) is 0 Å². The normalized spacial score (nSPS) is 12.4. The zero-order chi connectivity index (χ0) is 11.0. The van der Waals surface area contributed by atoms with Crippen LogP contribution in [0.2, 0.25) is 0 Å². The largest absolute Gasteiger partial charge is 0.401 e. The van der Waals surface area contributed by atoms with Gasteiger partial charge >= 0.3 is 6.18 Å². The minimum atomic E-state index is -4.12. The van der Waals surface area contributed by atoms with Gasteiger partial charge in [-0.15, -0.1) is 0 Å². The van der Waals surface area contributed by atoms with E-state index in [4.69, 9.17) is 4.74 Å². The summed E-state index contributed by atoms with van der Waals surface area (Å²) in [6, 6.07) is 0. The summed E-state index contributed by atoms with van der Waals surface area (Å²) in [6.07, 6.45) is -3.49. The van der Waals surface area contributed by atoms with E-state index in [2.05, 4.69) is 15.9 Å². The summed E-state index contributed by atoms with van der Waals surface area (Å²) in [5, 5.41) is 0.552. The molecule has 0 aliphatic carbocycles. The van der Waals surface area contributed by atoms with E-state index >= 15 is 0 Å². The number of methoxy groups -OCH3 is 1. The molecule has 2 nitrogen and oxygen atoms in total. The maximum Gasteiger partial charge on any atom is 0.401 e. The minimum absolute atomic E-state index is 0.406. The van der Waals surface area contributed by atoms with Crippen LogP contribution in [0.4, 0.5) is 13.2 Å². The summed E-state index contributed by atoms with van der Waals surface area (Å²) < 4.78 is 40.9. The number of alkyl halides is 4. The number of nitrogens with zero attached hydrogens (tertiary/aromatic N) is 1. The van der Waals surface area contributed by atoms with Gasteiger partial charge in [0.05, 0.1) is 6.54 Å². The zero-order valence-electron chi connectivity index (χ0n) is 8.11. The Kier molecular flexibility index (Phi) is 7.58. The Hall–Kier alpha value is 0.190. The van der Waals surface area contributed by atoms with Gasteiger partial charge in [-0.3, -0.25) is 4.90 Å². The van der Waals surface area contributed by atoms with E-state index in [1.165, 1.54) is 4.90 Å². The predicted octanol–water partition coefficient (Wildman–Crippen LogP) is 2.28. The van der Waals surface area contributed by atoms with Crippen molar-refractivity contribution in [1.29, 1.82) is 0 Å². The average Bonchev–Trinajstić information content (AvgIpc) is 2.02. The van der Waals surface area contributed by atoms with Crippen molar-refractivity contribution >= 4 is 15.9 Å². The molecule has 0 atom stereocenters. The lowest BCUT2D eigenvalue weighted by atomic mass is 10.4. The summed E-state index contributed by atoms with van der Waals surface area (Å²) in [7, 11) is 1.54. The van der Waals surface area contributed by atoms with Gasteiger partial charge in [-0.2, -0.15) is 13.2 Å². The first-order valence-corrected chi connectivity index (χ1v) is 5.45. The molecule has 0 aromatic carbocycles. The van der Waals surface area contributed by atoms with Gasteiger partial charge in [0.25, 0.3) is 0 Å². The van der Waals surface area contributed by atoms with Crippen LogP contribution in [0.3, 0.4) is 0 Å². The lowest BCUT2D eigenvalue weighted by Crippen LogP contribution is -2.36. The highest BCUT2D eigenvalue weighted by molar-refractivity contribution is 9.09. The number of ether oxygens (including phenoxy) is 1. The van der Waals surface area contributed by atoms with Gasteiger partial charge in [0.1, 0.15) is 0 Å². The van der Waals surface area contributed by atoms with Crippen LogP contribution >= 0.6 is 15.9 Å². The van der Waals surface area contributed by atoms with E-state index in [0.29, 0.717) is 31.4 Å². The Morgan fingerprint density at radius 1 is 1.29 bits per heavy atom. The van der Waals surface area contributed by atoms with Crippen molar-refractivity contribution in [3.8, 4) is 0 Å². The Bertz CT molecular complexity index is 143. The topological polar surface area (TPSA) is 12.5 Å². The van der Waals surface area contributed by atoms with Gasteiger partial charge < -0.3 is 4.74 Å². The molecule has 0 amide bonds. The predicted molar refractivity (Wildman–Crippen MR) is 52.8 cm³/mol. The van der Waals surface area contributed by atoms with E-state index in [1.807, 2.05) is 0 Å². The van der Waals surface area contributed by atoms with E-state index in [-0.39, 0.29) is 0 Å². The van der Waals surface area contributed by atoms with Gasteiger partial charge in [-0.25, -0.2) is 0 Å². The third-order valence-electron chi connectivity index (χ3n) is 1.63. The van der Waals surface area contributed by atoms with Crippen molar-refractivity contribution in [2.75, 3.05) is 38.7 Å². The third-order valence-corrected chi connectivity index (χ3v) is 1.98. The Morgan fingerprint density at radius 3 is 2.36 bits per heavy atom. The van der Waals surface area contributed by atoms with E-state index in [0.717, 1.165) is 0 Å². The highest BCUT2D eigenvalue weighted by atomic mass is 79.9. The maximum atomic E-state index is 12.1. The fourth-order valence-electron chi connectivity index (χ4n) is 1.08. The summed E-state index contributed by atoms with van der Waals surface area (Å²) >= 11 is 3.13. The molecule has 14 heavy (non-hydrogen) atoms. The first kappa shape index (κ1) is 14.2. The fraction of sp³-hybridized carbons (Fsp3) is 1.00. The van der Waals surface area contributed by atoms with E-state index in [9.17, 15) is 13.2 Å². The Morgan fingerprint density at radius 2 is 1.93 bits per heavy atom. The Labute approximate surface area is 90.5 Å². The van der Waals surface area contributed by atoms with Crippen molar-refractivity contribution in [2.45, 2.75) is 12.6 Å². The second-order valence-electron chi connectivity index (χ2n) is 2.93. The second kappa shape index (κ2) is 7.48. The molecule has 0 aromatic rings. The molecular formula is C8H15BrF3NO. The SMILES string of the molecule is COCCCN(CCBr)CC(F)(F)F. The fourth-order valence-corrected chi connectivity index (χ4v) is 1.58.